The zero-order valence-electron chi connectivity index (χ0n) is 27.0. The van der Waals surface area contributed by atoms with Crippen LogP contribution in [0.2, 0.25) is 0 Å². The molecular formula is C36H37FN6O3S2. The third kappa shape index (κ3) is 6.92. The Morgan fingerprint density at radius 1 is 0.958 bits per heavy atom. The fourth-order valence-electron chi connectivity index (χ4n) is 6.25. The highest BCUT2D eigenvalue weighted by Gasteiger charge is 2.26. The number of anilines is 3. The van der Waals surface area contributed by atoms with Crippen LogP contribution < -0.4 is 19.9 Å². The van der Waals surface area contributed by atoms with Crippen LogP contribution in [0.1, 0.15) is 50.2 Å². The van der Waals surface area contributed by atoms with Crippen molar-refractivity contribution >= 4 is 60.5 Å². The van der Waals surface area contributed by atoms with E-state index in [1.165, 1.54) is 29.6 Å². The van der Waals surface area contributed by atoms with Crippen molar-refractivity contribution in [2.75, 3.05) is 61.5 Å². The second-order valence-corrected chi connectivity index (χ2v) is 14.3. The zero-order valence-corrected chi connectivity index (χ0v) is 28.6. The van der Waals surface area contributed by atoms with Gasteiger partial charge in [0, 0.05) is 68.4 Å². The number of Topliss-reactive ketones (excluding diaryl/α,β-unsaturated/α-hetero) is 1. The van der Waals surface area contributed by atoms with Crippen molar-refractivity contribution in [2.24, 2.45) is 0 Å². The Balaban J connectivity index is 0.995. The van der Waals surface area contributed by atoms with Crippen LogP contribution in [0.15, 0.2) is 60.7 Å². The van der Waals surface area contributed by atoms with E-state index in [0.717, 1.165) is 76.2 Å². The lowest BCUT2D eigenvalue weighted by Crippen LogP contribution is -2.44. The normalized spacial score (nSPS) is 15.1. The number of amides is 1. The van der Waals surface area contributed by atoms with Crippen LogP contribution >= 0.6 is 22.7 Å². The average molecular weight is 685 g/mol. The molecule has 7 rings (SSSR count). The maximum Gasteiger partial charge on any atom is 0.257 e. The topological polar surface area (TPSA) is 90.9 Å². The summed E-state index contributed by atoms with van der Waals surface area (Å²) < 4.78 is 21.7. The number of carbonyl (C=O) groups is 2. The number of likely N-dealkylation sites (N-methyl/N-ethyl adjacent to an activating group) is 1. The minimum absolute atomic E-state index is 0.0905. The molecule has 48 heavy (non-hydrogen) atoms. The predicted molar refractivity (Wildman–Crippen MR) is 191 cm³/mol. The molecule has 5 aromatic rings. The number of rotatable bonds is 10. The van der Waals surface area contributed by atoms with Gasteiger partial charge in [-0.2, -0.15) is 0 Å². The molecule has 2 aromatic heterocycles. The number of halogens is 1. The quantitative estimate of drug-likeness (QED) is 0.129. The third-order valence-electron chi connectivity index (χ3n) is 8.91. The summed E-state index contributed by atoms with van der Waals surface area (Å²) >= 11 is 2.95. The summed E-state index contributed by atoms with van der Waals surface area (Å²) in [6, 6.07) is 18.8. The second-order valence-electron chi connectivity index (χ2n) is 12.2. The number of carbonyl (C=O) groups excluding carboxylic acids is 2. The first-order valence-electron chi connectivity index (χ1n) is 16.2. The van der Waals surface area contributed by atoms with Gasteiger partial charge in [-0.1, -0.05) is 35.6 Å². The average Bonchev–Trinajstić information content (AvgIpc) is 3.71. The van der Waals surface area contributed by atoms with Crippen molar-refractivity contribution in [3.05, 3.63) is 93.7 Å². The van der Waals surface area contributed by atoms with Crippen molar-refractivity contribution in [1.82, 2.24) is 14.9 Å². The van der Waals surface area contributed by atoms with Gasteiger partial charge in [-0.25, -0.2) is 14.4 Å². The van der Waals surface area contributed by atoms with Crippen molar-refractivity contribution in [3.8, 4) is 5.75 Å². The van der Waals surface area contributed by atoms with Crippen LogP contribution in [0.4, 0.5) is 20.3 Å². The van der Waals surface area contributed by atoms with Crippen LogP contribution in [-0.4, -0.2) is 72.9 Å². The highest BCUT2D eigenvalue weighted by Crippen LogP contribution is 2.34. The first-order valence-corrected chi connectivity index (χ1v) is 17.8. The van der Waals surface area contributed by atoms with Crippen LogP contribution in [0.5, 0.6) is 5.75 Å². The molecule has 3 aromatic carbocycles. The zero-order chi connectivity index (χ0) is 33.2. The van der Waals surface area contributed by atoms with Gasteiger partial charge in [-0.15, -0.1) is 11.3 Å². The molecule has 1 N–H and O–H groups in total. The van der Waals surface area contributed by atoms with Gasteiger partial charge in [-0.05, 0) is 67.8 Å². The Labute approximate surface area is 287 Å². The van der Waals surface area contributed by atoms with E-state index in [9.17, 15) is 14.0 Å². The van der Waals surface area contributed by atoms with Crippen LogP contribution in [0, 0.1) is 5.82 Å². The number of para-hydroxylation sites is 1. The van der Waals surface area contributed by atoms with E-state index in [-0.39, 0.29) is 23.3 Å². The Bertz CT molecular complexity index is 1940. The lowest BCUT2D eigenvalue weighted by Gasteiger charge is -2.34. The number of ketones is 1. The molecule has 0 spiro atoms. The monoisotopic (exact) mass is 684 g/mol. The summed E-state index contributed by atoms with van der Waals surface area (Å²) in [6.07, 6.45) is 1.96. The van der Waals surface area contributed by atoms with Gasteiger partial charge in [0.25, 0.3) is 5.91 Å². The highest BCUT2D eigenvalue weighted by molar-refractivity contribution is 7.22. The Hall–Kier alpha value is -4.39. The number of fused-ring (bicyclic) bond motifs is 2. The molecule has 248 valence electrons. The number of hydrogen-bond donors (Lipinski definition) is 1. The highest BCUT2D eigenvalue weighted by atomic mass is 32.1. The van der Waals surface area contributed by atoms with Gasteiger partial charge < -0.3 is 19.4 Å². The van der Waals surface area contributed by atoms with Gasteiger partial charge in [0.1, 0.15) is 5.69 Å². The Kier molecular flexibility index (Phi) is 9.38. The minimum Gasteiger partial charge on any atom is -0.491 e. The van der Waals surface area contributed by atoms with E-state index in [1.807, 2.05) is 42.5 Å². The maximum atomic E-state index is 14.9. The van der Waals surface area contributed by atoms with Gasteiger partial charge in [0.15, 0.2) is 27.6 Å². The number of aryl methyl sites for hydroxylation is 1. The summed E-state index contributed by atoms with van der Waals surface area (Å²) in [5.41, 5.74) is 4.89. The molecule has 9 nitrogen and oxygen atoms in total. The first-order chi connectivity index (χ1) is 23.3. The number of nitrogens with zero attached hydrogens (tertiary/aromatic N) is 5. The molecule has 0 saturated carbocycles. The van der Waals surface area contributed by atoms with E-state index in [4.69, 9.17) is 9.72 Å². The fourth-order valence-corrected chi connectivity index (χ4v) is 8.28. The largest absolute Gasteiger partial charge is 0.491 e. The van der Waals surface area contributed by atoms with Crippen molar-refractivity contribution in [1.29, 1.82) is 0 Å². The fraction of sp³-hybridized carbons (Fsp3) is 0.333. The van der Waals surface area contributed by atoms with E-state index < -0.39 is 0 Å². The van der Waals surface area contributed by atoms with Crippen molar-refractivity contribution < 1.29 is 18.7 Å². The Morgan fingerprint density at radius 2 is 1.79 bits per heavy atom. The number of nitrogens with one attached hydrogen (secondary N) is 1. The van der Waals surface area contributed by atoms with Crippen molar-refractivity contribution in [2.45, 2.75) is 32.7 Å². The molecule has 1 amide bonds. The summed E-state index contributed by atoms with van der Waals surface area (Å²) in [7, 11) is 2.10. The molecule has 2 aliphatic heterocycles. The molecule has 12 heteroatoms. The number of thiazole rings is 2. The Morgan fingerprint density at radius 3 is 2.58 bits per heavy atom. The number of aromatic nitrogens is 2. The summed E-state index contributed by atoms with van der Waals surface area (Å²) in [6.45, 7) is 6.74. The van der Waals surface area contributed by atoms with E-state index in [1.54, 1.807) is 12.1 Å². The summed E-state index contributed by atoms with van der Waals surface area (Å²) in [5, 5.41) is 4.32. The number of piperazine rings is 1. The number of hydrogen-bond acceptors (Lipinski definition) is 10. The summed E-state index contributed by atoms with van der Waals surface area (Å²) in [4.78, 5) is 42.9. The predicted octanol–water partition coefficient (Wildman–Crippen LogP) is 6.67. The molecule has 4 heterocycles. The van der Waals surface area contributed by atoms with E-state index in [0.29, 0.717) is 42.4 Å². The van der Waals surface area contributed by atoms with E-state index >= 15 is 0 Å². The third-order valence-corrected chi connectivity index (χ3v) is 11.0. The standard InChI is InChI=1S/C36H37FN6O3S2/c1-23(44)33-32(11-6-20-46-30-13-12-25(21-28(30)37)42-18-16-41(2)17-19-42)48-36(39-33)43-15-14-24-7-5-8-26(27(24)22-43)34(45)40-35-38-29-9-3-4-10-31(29)47-35/h3-5,7-10,12-13,21H,6,11,14-20,22H2,1-2H3,(H,38,40,45). The maximum absolute atomic E-state index is 14.9. The van der Waals surface area contributed by atoms with Gasteiger partial charge in [0.2, 0.25) is 0 Å². The van der Waals surface area contributed by atoms with Gasteiger partial charge in [-0.3, -0.25) is 14.9 Å². The molecule has 0 bridgehead atoms. The molecule has 0 atom stereocenters. The minimum atomic E-state index is -0.366. The smallest absolute Gasteiger partial charge is 0.257 e. The van der Waals surface area contributed by atoms with Gasteiger partial charge in [0.05, 0.1) is 16.8 Å². The van der Waals surface area contributed by atoms with Crippen LogP contribution in [0.25, 0.3) is 10.2 Å². The van der Waals surface area contributed by atoms with E-state index in [2.05, 4.69) is 38.1 Å². The van der Waals surface area contributed by atoms with Gasteiger partial charge >= 0.3 is 0 Å². The molecule has 0 radical (unpaired) electrons. The molecular weight excluding hydrogens is 648 g/mol. The SMILES string of the molecule is CC(=O)c1nc(N2CCc3cccc(C(=O)Nc4nc5ccccc5s4)c3C2)sc1CCCOc1ccc(N2CCN(C)CC2)cc1F. The lowest BCUT2D eigenvalue weighted by molar-refractivity contribution is 0.100. The van der Waals surface area contributed by atoms with Crippen LogP contribution in [0.3, 0.4) is 0 Å². The molecule has 2 aliphatic rings. The molecule has 0 aliphatic carbocycles. The molecule has 1 saturated heterocycles. The van der Waals surface area contributed by atoms with Crippen molar-refractivity contribution in [3.63, 3.8) is 0 Å². The molecule has 0 unspecified atom stereocenters. The number of ether oxygens (including phenoxy) is 1. The number of benzene rings is 3. The second kappa shape index (κ2) is 14.0. The first kappa shape index (κ1) is 32.2. The summed E-state index contributed by atoms with van der Waals surface area (Å²) in [5.74, 6) is -0.413. The lowest BCUT2D eigenvalue weighted by atomic mass is 9.94. The van der Waals surface area contributed by atoms with Crippen LogP contribution in [-0.2, 0) is 19.4 Å². The molecule has 1 fully saturated rings.